The number of methoxy groups -OCH3 is 1. The quantitative estimate of drug-likeness (QED) is 0.603. The lowest BCUT2D eigenvalue weighted by Crippen LogP contribution is -2.24. The Bertz CT molecular complexity index is 1090. The molecule has 0 saturated carbocycles. The Kier molecular flexibility index (Phi) is 5.11. The molecule has 0 N–H and O–H groups in total. The summed E-state index contributed by atoms with van der Waals surface area (Å²) in [6.45, 7) is -1.56. The van der Waals surface area contributed by atoms with Crippen molar-refractivity contribution >= 4 is 5.78 Å². The van der Waals surface area contributed by atoms with Crippen LogP contribution in [0.1, 0.15) is 5.69 Å². The van der Waals surface area contributed by atoms with Crippen molar-refractivity contribution in [1.29, 1.82) is 0 Å². The second-order valence-electron chi connectivity index (χ2n) is 5.71. The van der Waals surface area contributed by atoms with Crippen LogP contribution in [0.5, 0.6) is 11.6 Å². The molecule has 2 heterocycles. The lowest BCUT2D eigenvalue weighted by molar-refractivity contribution is -0.153. The Morgan fingerprint density at radius 3 is 2.21 bits per heavy atom. The van der Waals surface area contributed by atoms with Gasteiger partial charge in [0.1, 0.15) is 5.75 Å². The van der Waals surface area contributed by atoms with Crippen LogP contribution in [0, 0.1) is 0 Å². The molecule has 154 valence electrons. The summed E-state index contributed by atoms with van der Waals surface area (Å²) in [5.41, 5.74) is -3.50. The number of halogens is 6. The predicted octanol–water partition coefficient (Wildman–Crippen LogP) is 3.73. The van der Waals surface area contributed by atoms with E-state index in [0.717, 1.165) is 34.9 Å². The largest absolute Gasteiger partial charge is 0.484 e. The van der Waals surface area contributed by atoms with E-state index < -0.39 is 41.6 Å². The standard InChI is InChI=1S/C17H11F6N3O3/c1-28-11-6-7-26-14(27)12(13(17(21,22)23)25-15(26)24-11)9-2-4-10(5-3-9)29-8-16(18,19)20/h2-7H,8H2,1H3. The molecule has 0 radical (unpaired) electrons. The average Bonchev–Trinajstić information content (AvgIpc) is 2.65. The van der Waals surface area contributed by atoms with Crippen molar-refractivity contribution in [2.75, 3.05) is 13.7 Å². The molecule has 0 bridgehead atoms. The lowest BCUT2D eigenvalue weighted by Gasteiger charge is -2.14. The third-order valence-electron chi connectivity index (χ3n) is 3.70. The Morgan fingerprint density at radius 1 is 1.00 bits per heavy atom. The Labute approximate surface area is 158 Å². The van der Waals surface area contributed by atoms with E-state index in [1.54, 1.807) is 0 Å². The van der Waals surface area contributed by atoms with E-state index in [4.69, 9.17) is 4.74 Å². The molecule has 3 aromatic rings. The van der Waals surface area contributed by atoms with E-state index in [-0.39, 0.29) is 17.2 Å². The molecule has 12 heteroatoms. The monoisotopic (exact) mass is 419 g/mol. The van der Waals surface area contributed by atoms with Gasteiger partial charge in [-0.05, 0) is 17.7 Å². The topological polar surface area (TPSA) is 65.7 Å². The molecule has 0 unspecified atom stereocenters. The summed E-state index contributed by atoms with van der Waals surface area (Å²) < 4.78 is 87.4. The summed E-state index contributed by atoms with van der Waals surface area (Å²) in [5, 5.41) is 0. The highest BCUT2D eigenvalue weighted by Gasteiger charge is 2.38. The van der Waals surface area contributed by atoms with E-state index in [1.165, 1.54) is 13.2 Å². The fourth-order valence-electron chi connectivity index (χ4n) is 2.47. The second-order valence-corrected chi connectivity index (χ2v) is 5.71. The maximum Gasteiger partial charge on any atom is 0.434 e. The van der Waals surface area contributed by atoms with Gasteiger partial charge in [0.2, 0.25) is 11.7 Å². The van der Waals surface area contributed by atoms with Crippen LogP contribution in [-0.4, -0.2) is 34.3 Å². The Balaban J connectivity index is 2.13. The van der Waals surface area contributed by atoms with E-state index in [2.05, 4.69) is 14.7 Å². The van der Waals surface area contributed by atoms with Gasteiger partial charge in [0.05, 0.1) is 12.7 Å². The fraction of sp³-hybridized carbons (Fsp3) is 0.235. The first-order chi connectivity index (χ1) is 13.5. The van der Waals surface area contributed by atoms with Crippen LogP contribution >= 0.6 is 0 Å². The molecule has 0 fully saturated rings. The number of alkyl halides is 6. The minimum absolute atomic E-state index is 0.0380. The smallest absolute Gasteiger partial charge is 0.434 e. The molecule has 0 amide bonds. The number of rotatable bonds is 4. The molecule has 0 aliphatic rings. The van der Waals surface area contributed by atoms with Gasteiger partial charge in [0.15, 0.2) is 12.3 Å². The number of benzene rings is 1. The molecule has 0 saturated heterocycles. The van der Waals surface area contributed by atoms with E-state index >= 15 is 0 Å². The molecule has 0 atom stereocenters. The molecule has 2 aromatic heterocycles. The van der Waals surface area contributed by atoms with E-state index in [9.17, 15) is 31.1 Å². The number of fused-ring (bicyclic) bond motifs is 1. The number of aromatic nitrogens is 3. The highest BCUT2D eigenvalue weighted by Crippen LogP contribution is 2.34. The first-order valence-corrected chi connectivity index (χ1v) is 7.84. The third kappa shape index (κ3) is 4.41. The summed E-state index contributed by atoms with van der Waals surface area (Å²) in [6, 6.07) is 5.41. The molecule has 29 heavy (non-hydrogen) atoms. The van der Waals surface area contributed by atoms with Crippen molar-refractivity contribution in [3.8, 4) is 22.8 Å². The molecule has 0 spiro atoms. The van der Waals surface area contributed by atoms with Crippen molar-refractivity contribution < 1.29 is 35.8 Å². The fourth-order valence-corrected chi connectivity index (χ4v) is 2.47. The molecule has 6 nitrogen and oxygen atoms in total. The zero-order chi connectivity index (χ0) is 21.4. The van der Waals surface area contributed by atoms with Crippen molar-refractivity contribution in [1.82, 2.24) is 14.4 Å². The Hall–Kier alpha value is -3.31. The van der Waals surface area contributed by atoms with Crippen LogP contribution in [0.2, 0.25) is 0 Å². The van der Waals surface area contributed by atoms with Crippen molar-refractivity contribution in [3.05, 3.63) is 52.6 Å². The maximum absolute atomic E-state index is 13.5. The summed E-state index contributed by atoms with van der Waals surface area (Å²) >= 11 is 0. The van der Waals surface area contributed by atoms with Gasteiger partial charge in [0.25, 0.3) is 5.56 Å². The van der Waals surface area contributed by atoms with Gasteiger partial charge < -0.3 is 9.47 Å². The summed E-state index contributed by atoms with van der Waals surface area (Å²) in [7, 11) is 1.25. The average molecular weight is 419 g/mol. The number of hydrogen-bond acceptors (Lipinski definition) is 5. The molecule has 3 rings (SSSR count). The molecular weight excluding hydrogens is 408 g/mol. The van der Waals surface area contributed by atoms with Crippen LogP contribution in [-0.2, 0) is 6.18 Å². The Morgan fingerprint density at radius 2 is 1.66 bits per heavy atom. The molecule has 1 aromatic carbocycles. The lowest BCUT2D eigenvalue weighted by atomic mass is 10.0. The van der Waals surface area contributed by atoms with Crippen LogP contribution in [0.4, 0.5) is 26.3 Å². The molecule has 0 aliphatic carbocycles. The van der Waals surface area contributed by atoms with Gasteiger partial charge in [0, 0.05) is 12.3 Å². The van der Waals surface area contributed by atoms with Gasteiger partial charge in [-0.15, -0.1) is 0 Å². The molecule has 0 aliphatic heterocycles. The third-order valence-corrected chi connectivity index (χ3v) is 3.70. The first-order valence-electron chi connectivity index (χ1n) is 7.84. The SMILES string of the molecule is COc1ccn2c(=O)c(-c3ccc(OCC(F)(F)F)cc3)c(C(F)(F)F)nc2n1. The minimum atomic E-state index is -4.99. The molecular formula is C17H11F6N3O3. The van der Waals surface area contributed by atoms with Crippen LogP contribution < -0.4 is 15.0 Å². The van der Waals surface area contributed by atoms with Gasteiger partial charge in [-0.3, -0.25) is 9.20 Å². The summed E-state index contributed by atoms with van der Waals surface area (Å²) in [6.07, 6.45) is -8.41. The van der Waals surface area contributed by atoms with Crippen LogP contribution in [0.25, 0.3) is 16.9 Å². The van der Waals surface area contributed by atoms with E-state index in [0.29, 0.717) is 0 Å². The maximum atomic E-state index is 13.5. The van der Waals surface area contributed by atoms with Crippen LogP contribution in [0.3, 0.4) is 0 Å². The van der Waals surface area contributed by atoms with Gasteiger partial charge in [-0.25, -0.2) is 4.98 Å². The highest BCUT2D eigenvalue weighted by atomic mass is 19.4. The first kappa shape index (κ1) is 20.4. The number of hydrogen-bond donors (Lipinski definition) is 0. The summed E-state index contributed by atoms with van der Waals surface area (Å²) in [4.78, 5) is 19.9. The van der Waals surface area contributed by atoms with Gasteiger partial charge in [-0.2, -0.15) is 31.3 Å². The van der Waals surface area contributed by atoms with Crippen molar-refractivity contribution in [3.63, 3.8) is 0 Å². The number of nitrogens with zero attached hydrogens (tertiary/aromatic N) is 3. The highest BCUT2D eigenvalue weighted by molar-refractivity contribution is 5.67. The minimum Gasteiger partial charge on any atom is -0.484 e. The predicted molar refractivity (Wildman–Crippen MR) is 87.8 cm³/mol. The van der Waals surface area contributed by atoms with Gasteiger partial charge in [-0.1, -0.05) is 12.1 Å². The van der Waals surface area contributed by atoms with E-state index in [1.807, 2.05) is 0 Å². The number of ether oxygens (including phenoxy) is 2. The zero-order valence-electron chi connectivity index (χ0n) is 14.5. The zero-order valence-corrected chi connectivity index (χ0v) is 14.5. The second kappa shape index (κ2) is 7.26. The van der Waals surface area contributed by atoms with Crippen molar-refractivity contribution in [2.45, 2.75) is 12.4 Å². The van der Waals surface area contributed by atoms with Gasteiger partial charge >= 0.3 is 12.4 Å². The normalized spacial score (nSPS) is 12.2. The van der Waals surface area contributed by atoms with Crippen LogP contribution in [0.15, 0.2) is 41.3 Å². The van der Waals surface area contributed by atoms with Crippen molar-refractivity contribution in [2.24, 2.45) is 0 Å². The summed E-state index contributed by atoms with van der Waals surface area (Å²) in [5.74, 6) is -0.778.